The number of nitrogens with one attached hydrogen (secondary N) is 1. The van der Waals surface area contributed by atoms with E-state index in [1.54, 1.807) is 6.20 Å². The van der Waals surface area contributed by atoms with E-state index in [2.05, 4.69) is 52.5 Å². The molecule has 1 unspecified atom stereocenters. The zero-order valence-electron chi connectivity index (χ0n) is 17.0. The second-order valence-electron chi connectivity index (χ2n) is 8.08. The van der Waals surface area contributed by atoms with Gasteiger partial charge in [-0.3, -0.25) is 9.48 Å². The highest BCUT2D eigenvalue weighted by Gasteiger charge is 2.28. The molecule has 0 spiro atoms. The van der Waals surface area contributed by atoms with Gasteiger partial charge in [-0.25, -0.2) is 0 Å². The molecule has 1 aliphatic rings. The average molecular weight is 399 g/mol. The molecule has 1 amide bonds. The fraction of sp³-hybridized carbons (Fsp3) is 0.280. The van der Waals surface area contributed by atoms with Crippen molar-refractivity contribution in [2.45, 2.75) is 31.7 Å². The van der Waals surface area contributed by atoms with E-state index in [-0.39, 0.29) is 5.91 Å². The number of carbonyl (C=O) groups excluding carboxylic acids is 1. The quantitative estimate of drug-likeness (QED) is 0.533. The minimum Gasteiger partial charge on any atom is -0.358 e. The predicted molar refractivity (Wildman–Crippen MR) is 119 cm³/mol. The van der Waals surface area contributed by atoms with E-state index >= 15 is 0 Å². The first-order valence-electron chi connectivity index (χ1n) is 10.7. The third-order valence-corrected chi connectivity index (χ3v) is 6.09. The van der Waals surface area contributed by atoms with Crippen molar-refractivity contribution in [3.8, 4) is 0 Å². The molecule has 5 heteroatoms. The third kappa shape index (κ3) is 3.75. The Labute approximate surface area is 176 Å². The van der Waals surface area contributed by atoms with Crippen molar-refractivity contribution in [2.24, 2.45) is 0 Å². The Hall–Kier alpha value is -3.34. The Bertz CT molecular complexity index is 1110. The molecule has 1 N–H and O–H groups in total. The molecule has 1 fully saturated rings. The summed E-state index contributed by atoms with van der Waals surface area (Å²) in [5.41, 5.74) is 4.33. The van der Waals surface area contributed by atoms with E-state index < -0.39 is 0 Å². The lowest BCUT2D eigenvalue weighted by atomic mass is 9.94. The molecule has 1 aliphatic heterocycles. The summed E-state index contributed by atoms with van der Waals surface area (Å²) in [5.74, 6) is 0.428. The maximum absolute atomic E-state index is 13.3. The lowest BCUT2D eigenvalue weighted by Crippen LogP contribution is -2.40. The van der Waals surface area contributed by atoms with Crippen LogP contribution >= 0.6 is 0 Å². The molecule has 5 rings (SSSR count). The monoisotopic (exact) mass is 398 g/mol. The van der Waals surface area contributed by atoms with Gasteiger partial charge in [-0.2, -0.15) is 5.10 Å². The number of carbonyl (C=O) groups is 1. The minimum atomic E-state index is 0.0846. The van der Waals surface area contributed by atoms with Crippen LogP contribution in [0.4, 0.5) is 0 Å². The van der Waals surface area contributed by atoms with Crippen molar-refractivity contribution in [1.82, 2.24) is 19.7 Å². The van der Waals surface area contributed by atoms with Gasteiger partial charge in [0.1, 0.15) is 5.69 Å². The van der Waals surface area contributed by atoms with Crippen molar-refractivity contribution in [2.75, 3.05) is 13.1 Å². The number of piperidine rings is 1. The van der Waals surface area contributed by atoms with E-state index in [0.717, 1.165) is 37.9 Å². The van der Waals surface area contributed by atoms with Crippen LogP contribution in [0.2, 0.25) is 0 Å². The molecule has 0 radical (unpaired) electrons. The van der Waals surface area contributed by atoms with Crippen molar-refractivity contribution >= 4 is 16.8 Å². The summed E-state index contributed by atoms with van der Waals surface area (Å²) in [6.07, 6.45) is 4.71. The molecule has 2 aromatic heterocycles. The number of hydrogen-bond acceptors (Lipinski definition) is 2. The Morgan fingerprint density at radius 2 is 1.90 bits per heavy atom. The number of benzene rings is 2. The van der Waals surface area contributed by atoms with Gasteiger partial charge in [0.15, 0.2) is 0 Å². The largest absolute Gasteiger partial charge is 0.358 e. The van der Waals surface area contributed by atoms with Crippen molar-refractivity contribution in [1.29, 1.82) is 0 Å². The fourth-order valence-electron chi connectivity index (χ4n) is 4.47. The number of fused-ring (bicyclic) bond motifs is 1. The van der Waals surface area contributed by atoms with Crippen molar-refractivity contribution in [3.05, 3.63) is 89.9 Å². The highest BCUT2D eigenvalue weighted by molar-refractivity contribution is 5.92. The van der Waals surface area contributed by atoms with Crippen molar-refractivity contribution < 1.29 is 4.79 Å². The number of aromatic nitrogens is 3. The van der Waals surface area contributed by atoms with E-state index in [0.29, 0.717) is 18.2 Å². The number of likely N-dealkylation sites (tertiary alicyclic amines) is 1. The Kier molecular flexibility index (Phi) is 5.10. The standard InChI is InChI=1S/C25H26N4O/c30-25(24-12-14-26-29(24)16-13-19-7-2-1-3-8-19)28-15-6-10-21(18-28)23-17-20-9-4-5-11-22(20)27-23/h1-5,7-9,11-12,14,17,21,27H,6,10,13,15-16,18H2. The summed E-state index contributed by atoms with van der Waals surface area (Å²) in [6, 6.07) is 22.8. The fourth-order valence-corrected chi connectivity index (χ4v) is 4.47. The van der Waals surface area contributed by atoms with Gasteiger partial charge in [-0.05, 0) is 48.4 Å². The van der Waals surface area contributed by atoms with Crippen LogP contribution in [0, 0.1) is 0 Å². The SMILES string of the molecule is O=C(c1ccnn1CCc1ccccc1)N1CCCC(c2cc3ccccc3[nH]2)C1. The van der Waals surface area contributed by atoms with Crippen LogP contribution in [0.25, 0.3) is 10.9 Å². The van der Waals surface area contributed by atoms with Crippen LogP contribution in [0.3, 0.4) is 0 Å². The number of nitrogens with zero attached hydrogens (tertiary/aromatic N) is 3. The van der Waals surface area contributed by atoms with Gasteiger partial charge in [0.05, 0.1) is 0 Å². The molecule has 5 nitrogen and oxygen atoms in total. The number of hydrogen-bond donors (Lipinski definition) is 1. The first-order valence-corrected chi connectivity index (χ1v) is 10.7. The number of aryl methyl sites for hydroxylation is 2. The average Bonchev–Trinajstić information content (AvgIpc) is 3.45. The second kappa shape index (κ2) is 8.19. The summed E-state index contributed by atoms with van der Waals surface area (Å²) in [6.45, 7) is 2.26. The van der Waals surface area contributed by atoms with E-state index in [1.807, 2.05) is 33.8 Å². The molecule has 1 atom stereocenters. The smallest absolute Gasteiger partial charge is 0.272 e. The summed E-state index contributed by atoms with van der Waals surface area (Å²) in [4.78, 5) is 18.8. The van der Waals surface area contributed by atoms with Crippen LogP contribution in [0.5, 0.6) is 0 Å². The van der Waals surface area contributed by atoms with E-state index in [4.69, 9.17) is 0 Å². The maximum Gasteiger partial charge on any atom is 0.272 e. The van der Waals surface area contributed by atoms with Gasteiger partial charge in [0.25, 0.3) is 5.91 Å². The van der Waals surface area contributed by atoms with Crippen LogP contribution < -0.4 is 0 Å². The van der Waals surface area contributed by atoms with Crippen molar-refractivity contribution in [3.63, 3.8) is 0 Å². The van der Waals surface area contributed by atoms with E-state index in [1.165, 1.54) is 16.6 Å². The number of aromatic amines is 1. The molecule has 0 saturated carbocycles. The molecule has 2 aromatic carbocycles. The van der Waals surface area contributed by atoms with Crippen LogP contribution in [-0.4, -0.2) is 38.7 Å². The van der Waals surface area contributed by atoms with Crippen LogP contribution in [0.15, 0.2) is 72.9 Å². The normalized spacial score (nSPS) is 16.8. The molecule has 152 valence electrons. The van der Waals surface area contributed by atoms with Gasteiger partial charge in [-0.1, -0.05) is 48.5 Å². The maximum atomic E-state index is 13.3. The van der Waals surface area contributed by atoms with Gasteiger partial charge in [0.2, 0.25) is 0 Å². The van der Waals surface area contributed by atoms with Gasteiger partial charge in [-0.15, -0.1) is 0 Å². The summed E-state index contributed by atoms with van der Waals surface area (Å²) in [5, 5.41) is 5.65. The molecular formula is C25H26N4O. The Morgan fingerprint density at radius 3 is 2.77 bits per heavy atom. The summed E-state index contributed by atoms with van der Waals surface area (Å²) < 4.78 is 1.85. The third-order valence-electron chi connectivity index (χ3n) is 6.09. The first kappa shape index (κ1) is 18.7. The molecule has 30 heavy (non-hydrogen) atoms. The number of para-hydroxylation sites is 1. The molecule has 0 aliphatic carbocycles. The first-order chi connectivity index (χ1) is 14.8. The Balaban J connectivity index is 1.30. The zero-order chi connectivity index (χ0) is 20.3. The van der Waals surface area contributed by atoms with Gasteiger partial charge < -0.3 is 9.88 Å². The lowest BCUT2D eigenvalue weighted by Gasteiger charge is -2.32. The highest BCUT2D eigenvalue weighted by atomic mass is 16.2. The predicted octanol–water partition coefficient (Wildman–Crippen LogP) is 4.63. The topological polar surface area (TPSA) is 53.9 Å². The number of H-pyrrole nitrogens is 1. The minimum absolute atomic E-state index is 0.0846. The number of amides is 1. The van der Waals surface area contributed by atoms with Gasteiger partial charge in [0, 0.05) is 43.0 Å². The molecule has 1 saturated heterocycles. The van der Waals surface area contributed by atoms with E-state index in [9.17, 15) is 4.79 Å². The number of rotatable bonds is 5. The Morgan fingerprint density at radius 1 is 1.07 bits per heavy atom. The summed E-state index contributed by atoms with van der Waals surface area (Å²) >= 11 is 0. The summed E-state index contributed by atoms with van der Waals surface area (Å²) in [7, 11) is 0. The highest BCUT2D eigenvalue weighted by Crippen LogP contribution is 2.29. The zero-order valence-corrected chi connectivity index (χ0v) is 17.0. The molecule has 4 aromatic rings. The van der Waals surface area contributed by atoms with Gasteiger partial charge >= 0.3 is 0 Å². The van der Waals surface area contributed by atoms with Crippen LogP contribution in [-0.2, 0) is 13.0 Å². The van der Waals surface area contributed by atoms with Crippen LogP contribution in [0.1, 0.15) is 40.5 Å². The lowest BCUT2D eigenvalue weighted by molar-refractivity contribution is 0.0693. The second-order valence-corrected chi connectivity index (χ2v) is 8.08. The molecule has 0 bridgehead atoms. The molecule has 3 heterocycles. The molecular weight excluding hydrogens is 372 g/mol.